The molecule has 1 N–H and O–H groups in total. The number of hydrogen-bond acceptors (Lipinski definition) is 9. The van der Waals surface area contributed by atoms with Crippen LogP contribution in [-0.2, 0) is 39.4 Å². The zero-order valence-corrected chi connectivity index (χ0v) is 33.3. The largest absolute Gasteiger partial charge is 0.497 e. The number of carbonyl (C=O) groups excluding carboxylic acids is 2. The maximum Gasteiger partial charge on any atom is 0.269 e. The minimum atomic E-state index is -2.39. The van der Waals surface area contributed by atoms with Gasteiger partial charge in [0.1, 0.15) is 17.2 Å². The molecule has 5 aromatic rings. The van der Waals surface area contributed by atoms with Gasteiger partial charge in [-0.15, -0.1) is 5.10 Å². The van der Waals surface area contributed by atoms with E-state index in [2.05, 4.69) is 42.5 Å². The SMILES string of the molecule is COc1ccc([Si](C)(C)[C@H]2[C@H](CCn3cc(CCO)nn3)O[C@@]3(C(=O)N(Cc4cccc(N5C(=O)COc6ccccc65)c4)c4ccc(OC)cc43)[C@@H]2C)cc1. The maximum absolute atomic E-state index is 15.4. The molecule has 0 bridgehead atoms. The number of aromatic nitrogens is 3. The monoisotopic (exact) mass is 773 g/mol. The Morgan fingerprint density at radius 1 is 0.929 bits per heavy atom. The predicted octanol–water partition coefficient (Wildman–Crippen LogP) is 5.74. The Kier molecular flexibility index (Phi) is 9.93. The summed E-state index contributed by atoms with van der Waals surface area (Å²) in [6.45, 7) is 7.64. The average Bonchev–Trinajstić information content (AvgIpc) is 3.86. The van der Waals surface area contributed by atoms with Crippen LogP contribution >= 0.6 is 0 Å². The van der Waals surface area contributed by atoms with Crippen LogP contribution < -0.4 is 29.2 Å². The summed E-state index contributed by atoms with van der Waals surface area (Å²) in [5, 5.41) is 19.3. The van der Waals surface area contributed by atoms with Crippen LogP contribution in [0.4, 0.5) is 17.1 Å². The molecule has 1 spiro atoms. The van der Waals surface area contributed by atoms with E-state index >= 15 is 4.79 Å². The fraction of sp³-hybridized carbons (Fsp3) is 0.349. The lowest BCUT2D eigenvalue weighted by Crippen LogP contribution is -2.51. The first kappa shape index (κ1) is 37.4. The fourth-order valence-electron chi connectivity index (χ4n) is 9.14. The normalized spacial score (nSPS) is 21.6. The molecule has 0 aliphatic carbocycles. The van der Waals surface area contributed by atoms with Gasteiger partial charge in [-0.3, -0.25) is 19.2 Å². The lowest BCUT2D eigenvalue weighted by atomic mass is 9.82. The number of carbonyl (C=O) groups is 2. The number of rotatable bonds is 12. The number of aliphatic hydroxyl groups excluding tert-OH is 1. The van der Waals surface area contributed by atoms with Gasteiger partial charge in [0.15, 0.2) is 12.2 Å². The Bertz CT molecular complexity index is 2260. The number of hydrogen-bond donors (Lipinski definition) is 1. The highest BCUT2D eigenvalue weighted by Crippen LogP contribution is 2.60. The lowest BCUT2D eigenvalue weighted by Gasteiger charge is -2.37. The van der Waals surface area contributed by atoms with Crippen molar-refractivity contribution in [1.29, 1.82) is 0 Å². The van der Waals surface area contributed by atoms with Gasteiger partial charge < -0.3 is 29.0 Å². The van der Waals surface area contributed by atoms with Crippen molar-refractivity contribution in [2.24, 2.45) is 5.92 Å². The molecular weight excluding hydrogens is 727 g/mol. The summed E-state index contributed by atoms with van der Waals surface area (Å²) in [4.78, 5) is 32.2. The molecule has 0 saturated carbocycles. The summed E-state index contributed by atoms with van der Waals surface area (Å²) >= 11 is 0. The van der Waals surface area contributed by atoms with Gasteiger partial charge in [-0.2, -0.15) is 0 Å². The smallest absolute Gasteiger partial charge is 0.269 e. The summed E-state index contributed by atoms with van der Waals surface area (Å²) in [6.07, 6.45) is 2.61. The Morgan fingerprint density at radius 3 is 2.46 bits per heavy atom. The standard InChI is InChI=1S/C43H47N5O7Si/c1-28-41(56(4,5)34-16-13-32(52-2)14-17-34)39(19-21-46-26-30(20-22-49)44-45-46)55-43(28)35-24-33(53-3)15-18-36(35)47(42(43)51)25-29-9-8-10-31(23-29)48-37-11-6-7-12-38(37)54-27-40(48)50/h6-18,23-24,26,28,39,41,49H,19-22,25,27H2,1-5H3/t28-,39+,41-,43+/m1/s1. The van der Waals surface area contributed by atoms with Crippen molar-refractivity contribution < 1.29 is 33.6 Å². The van der Waals surface area contributed by atoms with Crippen LogP contribution in [0.25, 0.3) is 0 Å². The molecule has 0 radical (unpaired) electrons. The third-order valence-electron chi connectivity index (χ3n) is 11.9. The molecule has 290 valence electrons. The van der Waals surface area contributed by atoms with Crippen LogP contribution in [0.15, 0.2) is 97.2 Å². The molecular formula is C43H47N5O7Si. The van der Waals surface area contributed by atoms with Gasteiger partial charge in [-0.1, -0.05) is 66.8 Å². The van der Waals surface area contributed by atoms with Gasteiger partial charge in [0, 0.05) is 42.9 Å². The number of fused-ring (bicyclic) bond motifs is 3. The van der Waals surface area contributed by atoms with E-state index in [4.69, 9.17) is 18.9 Å². The summed E-state index contributed by atoms with van der Waals surface area (Å²) in [5.74, 6) is 1.58. The Labute approximate surface area is 327 Å². The first-order chi connectivity index (χ1) is 27.1. The molecule has 56 heavy (non-hydrogen) atoms. The van der Waals surface area contributed by atoms with Crippen LogP contribution in [0.5, 0.6) is 17.2 Å². The summed E-state index contributed by atoms with van der Waals surface area (Å²) < 4.78 is 26.1. The third-order valence-corrected chi connectivity index (χ3v) is 16.2. The Balaban J connectivity index is 1.17. The number of nitrogens with zero attached hydrogens (tertiary/aromatic N) is 5. The summed E-state index contributed by atoms with van der Waals surface area (Å²) in [5.41, 5.74) is 3.28. The minimum Gasteiger partial charge on any atom is -0.497 e. The Hall–Kier alpha value is -5.50. The number of para-hydroxylation sites is 2. The topological polar surface area (TPSA) is 128 Å². The molecule has 0 unspecified atom stereocenters. The zero-order valence-electron chi connectivity index (χ0n) is 32.3. The molecule has 4 atom stereocenters. The number of anilines is 3. The van der Waals surface area contributed by atoms with Crippen molar-refractivity contribution in [3.05, 3.63) is 114 Å². The van der Waals surface area contributed by atoms with E-state index in [0.717, 1.165) is 28.3 Å². The van der Waals surface area contributed by atoms with Crippen molar-refractivity contribution in [2.75, 3.05) is 37.2 Å². The van der Waals surface area contributed by atoms with E-state index in [9.17, 15) is 9.90 Å². The number of methoxy groups -OCH3 is 2. The number of aryl methyl sites for hydroxylation is 1. The highest BCUT2D eigenvalue weighted by atomic mass is 28.3. The molecule has 4 aromatic carbocycles. The van der Waals surface area contributed by atoms with Crippen LogP contribution in [0.1, 0.15) is 30.2 Å². The fourth-order valence-corrected chi connectivity index (χ4v) is 13.2. The van der Waals surface area contributed by atoms with Crippen molar-refractivity contribution in [3.8, 4) is 17.2 Å². The van der Waals surface area contributed by atoms with E-state index in [0.29, 0.717) is 42.3 Å². The average molecular weight is 774 g/mol. The molecule has 3 aliphatic heterocycles. The molecule has 8 rings (SSSR count). The number of benzene rings is 4. The number of aliphatic hydroxyl groups is 1. The number of amides is 2. The molecule has 1 fully saturated rings. The van der Waals surface area contributed by atoms with Gasteiger partial charge in [-0.05, 0) is 72.1 Å². The summed E-state index contributed by atoms with van der Waals surface area (Å²) in [7, 11) is 0.912. The second-order valence-corrected chi connectivity index (χ2v) is 20.0. The highest BCUT2D eigenvalue weighted by Gasteiger charge is 2.66. The second kappa shape index (κ2) is 14.9. The molecule has 12 nitrogen and oxygen atoms in total. The third kappa shape index (κ3) is 6.33. The van der Waals surface area contributed by atoms with Gasteiger partial charge in [0.25, 0.3) is 11.8 Å². The van der Waals surface area contributed by atoms with Gasteiger partial charge >= 0.3 is 0 Å². The van der Waals surface area contributed by atoms with Gasteiger partial charge in [0.2, 0.25) is 0 Å². The van der Waals surface area contributed by atoms with Crippen LogP contribution in [0.3, 0.4) is 0 Å². The van der Waals surface area contributed by atoms with Crippen molar-refractivity contribution >= 4 is 42.1 Å². The first-order valence-electron chi connectivity index (χ1n) is 19.1. The van der Waals surface area contributed by atoms with Crippen LogP contribution in [0, 0.1) is 5.92 Å². The molecule has 4 heterocycles. The lowest BCUT2D eigenvalue weighted by molar-refractivity contribution is -0.146. The van der Waals surface area contributed by atoms with Crippen LogP contribution in [0.2, 0.25) is 18.6 Å². The zero-order chi connectivity index (χ0) is 39.2. The first-order valence-corrected chi connectivity index (χ1v) is 22.1. The maximum atomic E-state index is 15.4. The quantitative estimate of drug-likeness (QED) is 0.158. The molecule has 1 saturated heterocycles. The van der Waals surface area contributed by atoms with Gasteiger partial charge in [-0.25, -0.2) is 0 Å². The molecule has 2 amide bonds. The van der Waals surface area contributed by atoms with E-state index in [1.807, 2.05) is 90.0 Å². The van der Waals surface area contributed by atoms with Crippen molar-refractivity contribution in [2.45, 2.75) is 63.2 Å². The molecule has 3 aliphatic rings. The summed E-state index contributed by atoms with van der Waals surface area (Å²) in [6, 6.07) is 29.4. The second-order valence-electron chi connectivity index (χ2n) is 15.3. The van der Waals surface area contributed by atoms with E-state index < -0.39 is 13.7 Å². The number of ether oxygens (including phenoxy) is 4. The minimum absolute atomic E-state index is 0.000731. The highest BCUT2D eigenvalue weighted by molar-refractivity contribution is 6.91. The Morgan fingerprint density at radius 2 is 1.70 bits per heavy atom. The van der Waals surface area contributed by atoms with Crippen molar-refractivity contribution in [3.63, 3.8) is 0 Å². The molecule has 1 aromatic heterocycles. The van der Waals surface area contributed by atoms with E-state index in [1.54, 1.807) is 23.8 Å². The predicted molar refractivity (Wildman–Crippen MR) is 215 cm³/mol. The van der Waals surface area contributed by atoms with Crippen LogP contribution in [-0.4, -0.2) is 73.5 Å². The van der Waals surface area contributed by atoms with E-state index in [-0.39, 0.29) is 49.1 Å². The van der Waals surface area contributed by atoms with E-state index in [1.165, 1.54) is 5.19 Å². The molecule has 13 heteroatoms. The van der Waals surface area contributed by atoms with Gasteiger partial charge in [0.05, 0.1) is 52.0 Å². The van der Waals surface area contributed by atoms with Crippen molar-refractivity contribution in [1.82, 2.24) is 15.0 Å².